The normalized spacial score (nSPS) is 14.1. The molecule has 1 aromatic rings. The van der Waals surface area contributed by atoms with Crippen molar-refractivity contribution < 1.29 is 8.42 Å². The number of nitrogens with one attached hydrogen (secondary N) is 2. The second kappa shape index (κ2) is 7.25. The zero-order valence-corrected chi connectivity index (χ0v) is 12.9. The maximum atomic E-state index is 11.6. The van der Waals surface area contributed by atoms with Gasteiger partial charge in [-0.05, 0) is 38.1 Å². The number of nitrogens with zero attached hydrogens (tertiary/aromatic N) is 1. The van der Waals surface area contributed by atoms with Crippen molar-refractivity contribution in [3.63, 3.8) is 0 Å². The highest BCUT2D eigenvalue weighted by Crippen LogP contribution is 2.10. The molecule has 1 unspecified atom stereocenters. The second-order valence-electron chi connectivity index (χ2n) is 4.51. The first-order chi connectivity index (χ1) is 9.39. The Morgan fingerprint density at radius 2 is 1.95 bits per heavy atom. The van der Waals surface area contributed by atoms with Crippen LogP contribution in [0, 0.1) is 0 Å². The molecule has 0 aliphatic carbocycles. The fourth-order valence-corrected chi connectivity index (χ4v) is 2.20. The molecule has 20 heavy (non-hydrogen) atoms. The summed E-state index contributed by atoms with van der Waals surface area (Å²) < 4.78 is 25.4. The molecule has 112 valence electrons. The van der Waals surface area contributed by atoms with Crippen LogP contribution in [0.2, 0.25) is 0 Å². The highest BCUT2D eigenvalue weighted by molar-refractivity contribution is 7.89. The molecule has 1 aromatic carbocycles. The highest BCUT2D eigenvalue weighted by atomic mass is 32.2. The third-order valence-corrected chi connectivity index (χ3v) is 4.37. The van der Waals surface area contributed by atoms with E-state index in [1.165, 1.54) is 7.05 Å². The Kier molecular flexibility index (Phi) is 5.97. The number of guanidine groups is 1. The molecule has 0 aliphatic rings. The van der Waals surface area contributed by atoms with Crippen LogP contribution in [0.1, 0.15) is 25.8 Å². The minimum absolute atomic E-state index is 0.235. The van der Waals surface area contributed by atoms with Crippen LogP contribution in [0.15, 0.2) is 34.2 Å². The molecule has 0 saturated carbocycles. The molecule has 7 heteroatoms. The Labute approximate surface area is 120 Å². The lowest BCUT2D eigenvalue weighted by atomic mass is 10.2. The van der Waals surface area contributed by atoms with E-state index in [1.54, 1.807) is 24.3 Å². The summed E-state index contributed by atoms with van der Waals surface area (Å²) in [5.74, 6) is 0.395. The van der Waals surface area contributed by atoms with Gasteiger partial charge in [-0.2, -0.15) is 0 Å². The first kappa shape index (κ1) is 16.5. The predicted octanol–water partition coefficient (Wildman–Crippen LogP) is 0.798. The molecule has 4 N–H and O–H groups in total. The van der Waals surface area contributed by atoms with Gasteiger partial charge >= 0.3 is 0 Å². The molecule has 0 radical (unpaired) electrons. The largest absolute Gasteiger partial charge is 0.370 e. The number of nitrogens with two attached hydrogens (primary N) is 1. The van der Waals surface area contributed by atoms with Crippen LogP contribution < -0.4 is 15.8 Å². The Balaban J connectivity index is 2.69. The van der Waals surface area contributed by atoms with Crippen molar-refractivity contribution in [1.29, 1.82) is 0 Å². The van der Waals surface area contributed by atoms with Crippen molar-refractivity contribution >= 4 is 16.0 Å². The highest BCUT2D eigenvalue weighted by Gasteiger charge is 2.10. The van der Waals surface area contributed by atoms with Gasteiger partial charge in [0.05, 0.1) is 11.4 Å². The van der Waals surface area contributed by atoms with Gasteiger partial charge in [-0.25, -0.2) is 18.1 Å². The van der Waals surface area contributed by atoms with Gasteiger partial charge in [0.15, 0.2) is 5.96 Å². The lowest BCUT2D eigenvalue weighted by Crippen LogP contribution is -2.38. The molecule has 0 amide bonds. The number of hydrogen-bond donors (Lipinski definition) is 3. The molecular formula is C13H22N4O2S. The summed E-state index contributed by atoms with van der Waals surface area (Å²) in [7, 11) is -2.00. The van der Waals surface area contributed by atoms with Gasteiger partial charge in [0.1, 0.15) is 0 Å². The van der Waals surface area contributed by atoms with Crippen molar-refractivity contribution in [2.24, 2.45) is 10.7 Å². The van der Waals surface area contributed by atoms with E-state index in [-0.39, 0.29) is 10.9 Å². The molecular weight excluding hydrogens is 276 g/mol. The summed E-state index contributed by atoms with van der Waals surface area (Å²) in [6, 6.07) is 6.83. The lowest BCUT2D eigenvalue weighted by Gasteiger charge is -2.11. The molecule has 0 saturated heterocycles. The maximum absolute atomic E-state index is 11.6. The molecule has 6 nitrogen and oxygen atoms in total. The van der Waals surface area contributed by atoms with Gasteiger partial charge in [-0.15, -0.1) is 0 Å². The van der Waals surface area contributed by atoms with E-state index in [9.17, 15) is 8.42 Å². The second-order valence-corrected chi connectivity index (χ2v) is 6.39. The Hall–Kier alpha value is -1.60. The van der Waals surface area contributed by atoms with Crippen LogP contribution in [0.3, 0.4) is 0 Å². The molecule has 0 aliphatic heterocycles. The first-order valence-electron chi connectivity index (χ1n) is 6.48. The first-order valence-corrected chi connectivity index (χ1v) is 7.96. The van der Waals surface area contributed by atoms with Crippen molar-refractivity contribution in [3.05, 3.63) is 29.8 Å². The Morgan fingerprint density at radius 3 is 2.45 bits per heavy atom. The van der Waals surface area contributed by atoms with E-state index < -0.39 is 10.0 Å². The SMILES string of the molecule is CCC(C)NC(N)=NCc1ccc(S(=O)(=O)NC)cc1. The van der Waals surface area contributed by atoms with E-state index in [4.69, 9.17) is 5.73 Å². The molecule has 1 atom stereocenters. The van der Waals surface area contributed by atoms with Crippen molar-refractivity contribution in [3.8, 4) is 0 Å². The minimum atomic E-state index is -3.39. The zero-order chi connectivity index (χ0) is 15.2. The minimum Gasteiger partial charge on any atom is -0.370 e. The van der Waals surface area contributed by atoms with Crippen molar-refractivity contribution in [1.82, 2.24) is 10.0 Å². The van der Waals surface area contributed by atoms with E-state index in [0.29, 0.717) is 12.5 Å². The van der Waals surface area contributed by atoms with Crippen LogP contribution in [-0.4, -0.2) is 27.5 Å². The fraction of sp³-hybridized carbons (Fsp3) is 0.462. The zero-order valence-electron chi connectivity index (χ0n) is 12.1. The van der Waals surface area contributed by atoms with Gasteiger partial charge in [0.2, 0.25) is 10.0 Å². The summed E-state index contributed by atoms with van der Waals surface area (Å²) in [5.41, 5.74) is 6.65. The summed E-state index contributed by atoms with van der Waals surface area (Å²) in [4.78, 5) is 4.45. The van der Waals surface area contributed by atoms with Crippen LogP contribution >= 0.6 is 0 Å². The van der Waals surface area contributed by atoms with E-state index in [2.05, 4.69) is 22.0 Å². The van der Waals surface area contributed by atoms with Gasteiger partial charge in [0.25, 0.3) is 0 Å². The van der Waals surface area contributed by atoms with Crippen molar-refractivity contribution in [2.45, 2.75) is 37.8 Å². The van der Waals surface area contributed by atoms with Gasteiger partial charge in [-0.1, -0.05) is 19.1 Å². The molecule has 0 spiro atoms. The Bertz CT molecular complexity index is 552. The smallest absolute Gasteiger partial charge is 0.240 e. The van der Waals surface area contributed by atoms with Crippen LogP contribution in [0.4, 0.5) is 0 Å². The van der Waals surface area contributed by atoms with E-state index in [1.807, 2.05) is 6.92 Å². The average Bonchev–Trinajstić information content (AvgIpc) is 2.45. The van der Waals surface area contributed by atoms with E-state index in [0.717, 1.165) is 12.0 Å². The predicted molar refractivity (Wildman–Crippen MR) is 80.9 cm³/mol. The summed E-state index contributed by atoms with van der Waals surface area (Å²) in [6.07, 6.45) is 0.965. The number of sulfonamides is 1. The summed E-state index contributed by atoms with van der Waals surface area (Å²) in [6.45, 7) is 4.50. The maximum Gasteiger partial charge on any atom is 0.240 e. The van der Waals surface area contributed by atoms with E-state index >= 15 is 0 Å². The van der Waals surface area contributed by atoms with Gasteiger partial charge in [-0.3, -0.25) is 0 Å². The van der Waals surface area contributed by atoms with Crippen LogP contribution in [-0.2, 0) is 16.6 Å². The lowest BCUT2D eigenvalue weighted by molar-refractivity contribution is 0.588. The topological polar surface area (TPSA) is 96.6 Å². The van der Waals surface area contributed by atoms with Gasteiger partial charge in [0, 0.05) is 6.04 Å². The number of aliphatic imine (C=N–C) groups is 1. The van der Waals surface area contributed by atoms with Crippen molar-refractivity contribution in [2.75, 3.05) is 7.05 Å². The standard InChI is InChI=1S/C13H22N4O2S/c1-4-10(2)17-13(14)16-9-11-5-7-12(8-6-11)20(18,19)15-3/h5-8,10,15H,4,9H2,1-3H3,(H3,14,16,17). The fourth-order valence-electron chi connectivity index (χ4n) is 1.47. The third-order valence-electron chi connectivity index (χ3n) is 2.94. The third kappa shape index (κ3) is 4.82. The molecule has 1 rings (SSSR count). The summed E-state index contributed by atoms with van der Waals surface area (Å²) in [5, 5.41) is 3.07. The average molecular weight is 298 g/mol. The number of rotatable bonds is 6. The quantitative estimate of drug-likeness (QED) is 0.534. The molecule has 0 fully saturated rings. The van der Waals surface area contributed by atoms with Crippen LogP contribution in [0.5, 0.6) is 0 Å². The Morgan fingerprint density at radius 1 is 1.35 bits per heavy atom. The number of hydrogen-bond acceptors (Lipinski definition) is 3. The monoisotopic (exact) mass is 298 g/mol. The molecule has 0 heterocycles. The molecule has 0 bridgehead atoms. The molecule has 0 aromatic heterocycles. The summed E-state index contributed by atoms with van der Waals surface area (Å²) >= 11 is 0. The van der Waals surface area contributed by atoms with Gasteiger partial charge < -0.3 is 11.1 Å². The van der Waals surface area contributed by atoms with Crippen LogP contribution in [0.25, 0.3) is 0 Å². The number of benzene rings is 1.